The summed E-state index contributed by atoms with van der Waals surface area (Å²) >= 11 is 0. The van der Waals surface area contributed by atoms with Crippen molar-refractivity contribution >= 4 is 35.8 Å². The third kappa shape index (κ3) is 10.5. The highest BCUT2D eigenvalue weighted by Gasteiger charge is 2.20. The number of nitrogens with one attached hydrogen (secondary N) is 2. The maximum Gasteiger partial charge on any atom is 0.243 e. The van der Waals surface area contributed by atoms with Crippen molar-refractivity contribution in [2.45, 2.75) is 32.6 Å². The number of likely N-dealkylation sites (N-methyl/N-ethyl adjacent to an activating group) is 1. The molecule has 2 N–H and O–H groups in total. The number of guanidine groups is 1. The Balaban J connectivity index is 0.00000676. The van der Waals surface area contributed by atoms with Crippen molar-refractivity contribution in [1.82, 2.24) is 15.5 Å². The van der Waals surface area contributed by atoms with E-state index in [-0.39, 0.29) is 41.8 Å². The van der Waals surface area contributed by atoms with Crippen molar-refractivity contribution in [2.24, 2.45) is 4.99 Å². The summed E-state index contributed by atoms with van der Waals surface area (Å²) in [5, 5.41) is 6.66. The van der Waals surface area contributed by atoms with Gasteiger partial charge in [0.05, 0.1) is 0 Å². The van der Waals surface area contributed by atoms with Crippen LogP contribution in [0.3, 0.4) is 0 Å². The first-order valence-corrected chi connectivity index (χ1v) is 9.22. The van der Waals surface area contributed by atoms with E-state index in [0.29, 0.717) is 19.1 Å². The zero-order valence-electron chi connectivity index (χ0n) is 17.2. The van der Waals surface area contributed by atoms with Crippen LogP contribution >= 0.6 is 24.0 Å². The molecule has 0 spiro atoms. The molecule has 0 radical (unpaired) electrons. The van der Waals surface area contributed by atoms with Gasteiger partial charge in [-0.15, -0.1) is 24.0 Å². The van der Waals surface area contributed by atoms with Gasteiger partial charge >= 0.3 is 0 Å². The van der Waals surface area contributed by atoms with Gasteiger partial charge < -0.3 is 20.3 Å². The molecule has 0 aliphatic rings. The largest absolute Gasteiger partial charge is 0.382 e. The van der Waals surface area contributed by atoms with Gasteiger partial charge in [0.1, 0.15) is 6.54 Å². The van der Waals surface area contributed by atoms with Crippen LogP contribution in [0.1, 0.15) is 32.8 Å². The first-order valence-electron chi connectivity index (χ1n) is 9.22. The Labute approximate surface area is 181 Å². The zero-order chi connectivity index (χ0) is 19.4. The minimum absolute atomic E-state index is 0. The molecular formula is C20H35IN4O2. The molecule has 0 heterocycles. The predicted molar refractivity (Wildman–Crippen MR) is 123 cm³/mol. The van der Waals surface area contributed by atoms with E-state index in [1.54, 1.807) is 19.0 Å². The molecular weight excluding hydrogens is 455 g/mol. The number of carbonyl (C=O) groups excluding carboxylic acids is 1. The van der Waals surface area contributed by atoms with E-state index in [9.17, 15) is 4.79 Å². The SMILES string of the molecule is CCOCCCNC(=NCC(=O)N(C)C)NCC(C)(C)c1ccccc1.I. The fourth-order valence-electron chi connectivity index (χ4n) is 2.28. The second-order valence-corrected chi connectivity index (χ2v) is 7.03. The highest BCUT2D eigenvalue weighted by Crippen LogP contribution is 2.21. The highest BCUT2D eigenvalue weighted by atomic mass is 127. The molecule has 6 nitrogen and oxygen atoms in total. The standard InChI is InChI=1S/C20H34N4O2.HI/c1-6-26-14-10-13-21-19(22-15-18(25)24(4)5)23-16-20(2,3)17-11-8-7-9-12-17;/h7-9,11-12H,6,10,13-16H2,1-5H3,(H2,21,22,23);1H. The molecule has 0 aliphatic heterocycles. The molecule has 0 bridgehead atoms. The normalized spacial score (nSPS) is 11.5. The van der Waals surface area contributed by atoms with Crippen LogP contribution in [0.4, 0.5) is 0 Å². The molecule has 27 heavy (non-hydrogen) atoms. The van der Waals surface area contributed by atoms with E-state index < -0.39 is 0 Å². The second kappa shape index (κ2) is 13.8. The van der Waals surface area contributed by atoms with Crippen molar-refractivity contribution in [3.63, 3.8) is 0 Å². The maximum atomic E-state index is 11.8. The smallest absolute Gasteiger partial charge is 0.243 e. The van der Waals surface area contributed by atoms with Crippen molar-refractivity contribution < 1.29 is 9.53 Å². The number of hydrogen-bond donors (Lipinski definition) is 2. The molecule has 7 heteroatoms. The van der Waals surface area contributed by atoms with Gasteiger partial charge in [-0.3, -0.25) is 4.79 Å². The number of benzene rings is 1. The number of rotatable bonds is 10. The van der Waals surface area contributed by atoms with E-state index >= 15 is 0 Å². The van der Waals surface area contributed by atoms with E-state index in [1.165, 1.54) is 5.56 Å². The second-order valence-electron chi connectivity index (χ2n) is 7.03. The summed E-state index contributed by atoms with van der Waals surface area (Å²) in [7, 11) is 3.47. The third-order valence-electron chi connectivity index (χ3n) is 4.09. The summed E-state index contributed by atoms with van der Waals surface area (Å²) in [5.41, 5.74) is 1.20. The van der Waals surface area contributed by atoms with E-state index in [2.05, 4.69) is 41.6 Å². The average molecular weight is 490 g/mol. The Hall–Kier alpha value is -1.35. The summed E-state index contributed by atoms with van der Waals surface area (Å²) in [6.07, 6.45) is 0.887. The van der Waals surface area contributed by atoms with E-state index in [0.717, 1.165) is 19.6 Å². The lowest BCUT2D eigenvalue weighted by Gasteiger charge is -2.27. The summed E-state index contributed by atoms with van der Waals surface area (Å²) < 4.78 is 5.36. The van der Waals surface area contributed by atoms with Gasteiger partial charge in [-0.1, -0.05) is 44.2 Å². The van der Waals surface area contributed by atoms with Crippen LogP contribution in [-0.4, -0.2) is 63.7 Å². The van der Waals surface area contributed by atoms with Crippen LogP contribution in [0.15, 0.2) is 35.3 Å². The van der Waals surface area contributed by atoms with Crippen LogP contribution < -0.4 is 10.6 Å². The van der Waals surface area contributed by atoms with E-state index in [4.69, 9.17) is 4.74 Å². The fraction of sp³-hybridized carbons (Fsp3) is 0.600. The van der Waals surface area contributed by atoms with Crippen LogP contribution in [0.5, 0.6) is 0 Å². The Bertz CT molecular complexity index is 562. The van der Waals surface area contributed by atoms with Gasteiger partial charge in [-0.2, -0.15) is 0 Å². The predicted octanol–water partition coefficient (Wildman–Crippen LogP) is 2.63. The number of amides is 1. The number of halogens is 1. The first-order chi connectivity index (χ1) is 12.4. The average Bonchev–Trinajstić information content (AvgIpc) is 2.63. The fourth-order valence-corrected chi connectivity index (χ4v) is 2.28. The lowest BCUT2D eigenvalue weighted by molar-refractivity contribution is -0.127. The molecule has 1 aromatic rings. The van der Waals surface area contributed by atoms with Gasteiger partial charge in [0.25, 0.3) is 0 Å². The van der Waals surface area contributed by atoms with Crippen LogP contribution in [0.2, 0.25) is 0 Å². The number of hydrogen-bond acceptors (Lipinski definition) is 3. The first kappa shape index (κ1) is 25.6. The maximum absolute atomic E-state index is 11.8. The number of carbonyl (C=O) groups is 1. The summed E-state index contributed by atoms with van der Waals surface area (Å²) in [4.78, 5) is 17.8. The zero-order valence-corrected chi connectivity index (χ0v) is 19.6. The van der Waals surface area contributed by atoms with Gasteiger partial charge in [-0.25, -0.2) is 4.99 Å². The lowest BCUT2D eigenvalue weighted by atomic mass is 9.85. The summed E-state index contributed by atoms with van der Waals surface area (Å²) in [6.45, 7) is 9.38. The van der Waals surface area contributed by atoms with Crippen LogP contribution in [0, 0.1) is 0 Å². The van der Waals surface area contributed by atoms with E-state index in [1.807, 2.05) is 25.1 Å². The van der Waals surface area contributed by atoms with Crippen LogP contribution in [0.25, 0.3) is 0 Å². The molecule has 0 atom stereocenters. The summed E-state index contributed by atoms with van der Waals surface area (Å²) in [5.74, 6) is 0.628. The molecule has 0 unspecified atom stereocenters. The van der Waals surface area contributed by atoms with Crippen molar-refractivity contribution in [3.05, 3.63) is 35.9 Å². The van der Waals surface area contributed by atoms with Gasteiger partial charge in [0.15, 0.2) is 5.96 Å². The summed E-state index contributed by atoms with van der Waals surface area (Å²) in [6, 6.07) is 10.4. The molecule has 1 amide bonds. The molecule has 154 valence electrons. The Morgan fingerprint density at radius 3 is 2.44 bits per heavy atom. The van der Waals surface area contributed by atoms with Gasteiger partial charge in [-0.05, 0) is 18.9 Å². The minimum atomic E-state index is -0.0550. The molecule has 0 aromatic heterocycles. The highest BCUT2D eigenvalue weighted by molar-refractivity contribution is 14.0. The van der Waals surface area contributed by atoms with Crippen molar-refractivity contribution in [2.75, 3.05) is 46.9 Å². The molecule has 1 aromatic carbocycles. The van der Waals surface area contributed by atoms with Gasteiger partial charge in [0.2, 0.25) is 5.91 Å². The molecule has 1 rings (SSSR count). The number of aliphatic imine (C=N–C) groups is 1. The monoisotopic (exact) mass is 490 g/mol. The molecule has 0 saturated heterocycles. The van der Waals surface area contributed by atoms with Gasteiger partial charge in [0, 0.05) is 45.8 Å². The van der Waals surface area contributed by atoms with Crippen molar-refractivity contribution in [3.8, 4) is 0 Å². The topological polar surface area (TPSA) is 66.0 Å². The minimum Gasteiger partial charge on any atom is -0.382 e. The third-order valence-corrected chi connectivity index (χ3v) is 4.09. The molecule has 0 saturated carbocycles. The lowest BCUT2D eigenvalue weighted by Crippen LogP contribution is -2.44. The quantitative estimate of drug-likeness (QED) is 0.229. The molecule has 0 fully saturated rings. The number of ether oxygens (including phenoxy) is 1. The Morgan fingerprint density at radius 1 is 1.19 bits per heavy atom. The Morgan fingerprint density at radius 2 is 1.85 bits per heavy atom. The molecule has 0 aliphatic carbocycles. The number of nitrogens with zero attached hydrogens (tertiary/aromatic N) is 2. The van der Waals surface area contributed by atoms with Crippen molar-refractivity contribution in [1.29, 1.82) is 0 Å². The Kier molecular flexibility index (Phi) is 13.1. The van der Waals surface area contributed by atoms with Crippen LogP contribution in [-0.2, 0) is 14.9 Å².